The van der Waals surface area contributed by atoms with Crippen molar-refractivity contribution in [1.29, 1.82) is 0 Å². The second-order valence-corrected chi connectivity index (χ2v) is 3.43. The molecule has 0 saturated carbocycles. The summed E-state index contributed by atoms with van der Waals surface area (Å²) < 4.78 is 0. The highest BCUT2D eigenvalue weighted by atomic mass is 16.2. The van der Waals surface area contributed by atoms with Crippen molar-refractivity contribution >= 4 is 11.8 Å². The monoisotopic (exact) mass is 196 g/mol. The smallest absolute Gasteiger partial charge is 0.224 e. The van der Waals surface area contributed by atoms with Gasteiger partial charge in [-0.3, -0.25) is 9.59 Å². The van der Waals surface area contributed by atoms with E-state index in [1.54, 1.807) is 6.08 Å². The van der Waals surface area contributed by atoms with Crippen LogP contribution in [0.15, 0.2) is 12.7 Å². The molecule has 78 valence electrons. The van der Waals surface area contributed by atoms with Gasteiger partial charge in [-0.15, -0.1) is 6.58 Å². The fourth-order valence-corrected chi connectivity index (χ4v) is 1.49. The van der Waals surface area contributed by atoms with Crippen molar-refractivity contribution in [2.24, 2.45) is 0 Å². The number of carbonyl (C=O) groups excluding carboxylic acids is 2. The minimum absolute atomic E-state index is 0.0145. The Kier molecular flexibility index (Phi) is 4.16. The summed E-state index contributed by atoms with van der Waals surface area (Å²) in [5, 5.41) is 5.65. The van der Waals surface area contributed by atoms with Crippen LogP contribution in [-0.2, 0) is 9.59 Å². The van der Waals surface area contributed by atoms with Gasteiger partial charge in [-0.25, -0.2) is 0 Å². The second kappa shape index (κ2) is 5.42. The van der Waals surface area contributed by atoms with E-state index < -0.39 is 0 Å². The molecule has 0 radical (unpaired) electrons. The van der Waals surface area contributed by atoms with E-state index in [-0.39, 0.29) is 17.9 Å². The van der Waals surface area contributed by atoms with Gasteiger partial charge in [-0.05, 0) is 12.8 Å². The molecule has 14 heavy (non-hydrogen) atoms. The first-order valence-corrected chi connectivity index (χ1v) is 4.89. The van der Waals surface area contributed by atoms with Gasteiger partial charge in [-0.2, -0.15) is 0 Å². The molecule has 0 bridgehead atoms. The van der Waals surface area contributed by atoms with Crippen molar-refractivity contribution in [3.63, 3.8) is 0 Å². The summed E-state index contributed by atoms with van der Waals surface area (Å²) in [5.74, 6) is 0.0600. The summed E-state index contributed by atoms with van der Waals surface area (Å²) in [6, 6.07) is 0.126. The van der Waals surface area contributed by atoms with Crippen LogP contribution in [0.2, 0.25) is 0 Å². The zero-order valence-electron chi connectivity index (χ0n) is 8.21. The van der Waals surface area contributed by atoms with E-state index in [0.29, 0.717) is 19.4 Å². The molecule has 4 nitrogen and oxygen atoms in total. The van der Waals surface area contributed by atoms with Gasteiger partial charge < -0.3 is 10.6 Å². The molecule has 1 fully saturated rings. The van der Waals surface area contributed by atoms with E-state index in [0.717, 1.165) is 12.8 Å². The van der Waals surface area contributed by atoms with E-state index in [4.69, 9.17) is 0 Å². The van der Waals surface area contributed by atoms with Gasteiger partial charge in [0.1, 0.15) is 0 Å². The molecule has 1 heterocycles. The molecule has 0 aromatic carbocycles. The third-order valence-corrected chi connectivity index (χ3v) is 2.23. The van der Waals surface area contributed by atoms with Gasteiger partial charge in [0.2, 0.25) is 11.8 Å². The highest BCUT2D eigenvalue weighted by molar-refractivity contribution is 5.78. The lowest BCUT2D eigenvalue weighted by Crippen LogP contribution is -2.34. The SMILES string of the molecule is C=CCC(=O)NC1CCNC(=O)CC1. The topological polar surface area (TPSA) is 58.2 Å². The van der Waals surface area contributed by atoms with E-state index in [2.05, 4.69) is 17.2 Å². The maximum atomic E-state index is 11.2. The first kappa shape index (κ1) is 10.8. The number of rotatable bonds is 3. The molecule has 1 rings (SSSR count). The average molecular weight is 196 g/mol. The molecular formula is C10H16N2O2. The van der Waals surface area contributed by atoms with Crippen LogP contribution >= 0.6 is 0 Å². The van der Waals surface area contributed by atoms with Gasteiger partial charge in [0, 0.05) is 25.4 Å². The number of nitrogens with one attached hydrogen (secondary N) is 2. The Labute approximate surface area is 83.8 Å². The van der Waals surface area contributed by atoms with E-state index in [1.165, 1.54) is 0 Å². The molecule has 1 unspecified atom stereocenters. The van der Waals surface area contributed by atoms with Crippen LogP contribution in [0.25, 0.3) is 0 Å². The maximum absolute atomic E-state index is 11.2. The number of hydrogen-bond donors (Lipinski definition) is 2. The van der Waals surface area contributed by atoms with E-state index in [1.807, 2.05) is 0 Å². The lowest BCUT2D eigenvalue weighted by Gasteiger charge is -2.14. The average Bonchev–Trinajstić information content (AvgIpc) is 2.32. The lowest BCUT2D eigenvalue weighted by atomic mass is 10.1. The highest BCUT2D eigenvalue weighted by Gasteiger charge is 2.16. The lowest BCUT2D eigenvalue weighted by molar-refractivity contribution is -0.122. The molecule has 2 N–H and O–H groups in total. The summed E-state index contributed by atoms with van der Waals surface area (Å²) in [5.41, 5.74) is 0. The molecule has 0 aromatic heterocycles. The van der Waals surface area contributed by atoms with Crippen molar-refractivity contribution in [1.82, 2.24) is 10.6 Å². The van der Waals surface area contributed by atoms with Crippen molar-refractivity contribution < 1.29 is 9.59 Å². The predicted molar refractivity (Wildman–Crippen MR) is 53.6 cm³/mol. The molecule has 4 heteroatoms. The van der Waals surface area contributed by atoms with Crippen molar-refractivity contribution in [3.05, 3.63) is 12.7 Å². The van der Waals surface area contributed by atoms with E-state index in [9.17, 15) is 9.59 Å². The number of carbonyl (C=O) groups is 2. The fourth-order valence-electron chi connectivity index (χ4n) is 1.49. The molecule has 1 aliphatic heterocycles. The largest absolute Gasteiger partial charge is 0.356 e. The normalized spacial score (nSPS) is 22.0. The third kappa shape index (κ3) is 3.60. The summed E-state index contributed by atoms with van der Waals surface area (Å²) in [7, 11) is 0. The van der Waals surface area contributed by atoms with Crippen LogP contribution in [0.4, 0.5) is 0 Å². The van der Waals surface area contributed by atoms with Gasteiger partial charge in [0.15, 0.2) is 0 Å². The molecule has 2 amide bonds. The Morgan fingerprint density at radius 1 is 1.64 bits per heavy atom. The number of hydrogen-bond acceptors (Lipinski definition) is 2. The Bertz CT molecular complexity index is 238. The van der Waals surface area contributed by atoms with Crippen LogP contribution in [0.1, 0.15) is 25.7 Å². The zero-order chi connectivity index (χ0) is 10.4. The number of amides is 2. The van der Waals surface area contributed by atoms with Crippen LogP contribution in [0.5, 0.6) is 0 Å². The summed E-state index contributed by atoms with van der Waals surface area (Å²) in [4.78, 5) is 22.2. The predicted octanol–water partition coefficient (Wildman–Crippen LogP) is 0.347. The van der Waals surface area contributed by atoms with Gasteiger partial charge in [0.25, 0.3) is 0 Å². The molecule has 1 aliphatic rings. The standard InChI is InChI=1S/C10H16N2O2/c1-2-3-10(14)12-8-4-5-9(13)11-7-6-8/h2,8H,1,3-7H2,(H,11,13)(H,12,14). The summed E-state index contributed by atoms with van der Waals surface area (Å²) >= 11 is 0. The minimum atomic E-state index is -0.0145. The zero-order valence-corrected chi connectivity index (χ0v) is 8.21. The van der Waals surface area contributed by atoms with Crippen molar-refractivity contribution in [2.75, 3.05) is 6.54 Å². The summed E-state index contributed by atoms with van der Waals surface area (Å²) in [6.07, 6.45) is 3.97. The first-order valence-electron chi connectivity index (χ1n) is 4.89. The van der Waals surface area contributed by atoms with Crippen LogP contribution in [0.3, 0.4) is 0 Å². The molecule has 0 aromatic rings. The molecule has 1 atom stereocenters. The maximum Gasteiger partial charge on any atom is 0.224 e. The summed E-state index contributed by atoms with van der Waals surface area (Å²) in [6.45, 7) is 4.15. The molecular weight excluding hydrogens is 180 g/mol. The van der Waals surface area contributed by atoms with Crippen LogP contribution in [0, 0.1) is 0 Å². The van der Waals surface area contributed by atoms with Crippen LogP contribution < -0.4 is 10.6 Å². The quantitative estimate of drug-likeness (QED) is 0.640. The minimum Gasteiger partial charge on any atom is -0.356 e. The fraction of sp³-hybridized carbons (Fsp3) is 0.600. The van der Waals surface area contributed by atoms with Crippen molar-refractivity contribution in [3.8, 4) is 0 Å². The Balaban J connectivity index is 2.33. The van der Waals surface area contributed by atoms with Crippen LogP contribution in [-0.4, -0.2) is 24.4 Å². The van der Waals surface area contributed by atoms with Gasteiger partial charge in [-0.1, -0.05) is 6.08 Å². The first-order chi connectivity index (χ1) is 6.72. The van der Waals surface area contributed by atoms with Gasteiger partial charge >= 0.3 is 0 Å². The van der Waals surface area contributed by atoms with E-state index >= 15 is 0 Å². The van der Waals surface area contributed by atoms with Gasteiger partial charge in [0.05, 0.1) is 0 Å². The Morgan fingerprint density at radius 2 is 2.43 bits per heavy atom. The molecule has 1 saturated heterocycles. The Hall–Kier alpha value is -1.32. The Morgan fingerprint density at radius 3 is 3.14 bits per heavy atom. The molecule has 0 spiro atoms. The molecule has 0 aliphatic carbocycles. The van der Waals surface area contributed by atoms with Crippen molar-refractivity contribution in [2.45, 2.75) is 31.7 Å². The second-order valence-electron chi connectivity index (χ2n) is 3.43. The third-order valence-electron chi connectivity index (χ3n) is 2.23. The highest BCUT2D eigenvalue weighted by Crippen LogP contribution is 2.05.